The van der Waals surface area contributed by atoms with Gasteiger partial charge in [-0.25, -0.2) is 0 Å². The summed E-state index contributed by atoms with van der Waals surface area (Å²) >= 11 is 0. The van der Waals surface area contributed by atoms with Crippen LogP contribution in [-0.4, -0.2) is 0 Å². The fraction of sp³-hybridized carbons (Fsp3) is 0.333. The van der Waals surface area contributed by atoms with E-state index in [0.29, 0.717) is 0 Å². The monoisotopic (exact) mass is 290 g/mol. The van der Waals surface area contributed by atoms with Gasteiger partial charge >= 0.3 is 0 Å². The summed E-state index contributed by atoms with van der Waals surface area (Å²) in [6.07, 6.45) is 7.83. The summed E-state index contributed by atoms with van der Waals surface area (Å²) in [4.78, 5) is 0. The van der Waals surface area contributed by atoms with Crippen LogP contribution in [0.5, 0.6) is 0 Å². The molecule has 0 bridgehead atoms. The van der Waals surface area contributed by atoms with Crippen LogP contribution in [0.3, 0.4) is 0 Å². The molecule has 1 radical (unpaired) electrons. The maximum Gasteiger partial charge on any atom is 0.107 e. The van der Waals surface area contributed by atoms with Crippen LogP contribution in [0.25, 0.3) is 0 Å². The first-order valence-corrected chi connectivity index (χ1v) is 8.17. The molecule has 0 amide bonds. The molecule has 0 N–H and O–H groups in total. The molecule has 22 heavy (non-hydrogen) atoms. The molecule has 2 aromatic carbocycles. The minimum atomic E-state index is -0.575. The molecule has 0 spiro atoms. The molecule has 1 heteroatoms. The first-order chi connectivity index (χ1) is 10.8. The van der Waals surface area contributed by atoms with Crippen molar-refractivity contribution >= 4 is 0 Å². The summed E-state index contributed by atoms with van der Waals surface area (Å²) in [7, 11) is 0. The predicted molar refractivity (Wildman–Crippen MR) is 92.3 cm³/mol. The van der Waals surface area contributed by atoms with Crippen molar-refractivity contribution < 1.29 is 0 Å². The molecule has 0 fully saturated rings. The predicted octanol–water partition coefficient (Wildman–Crippen LogP) is 5.67. The topological polar surface area (TPSA) is 23.8 Å². The molecule has 0 aliphatic heterocycles. The van der Waals surface area contributed by atoms with Crippen LogP contribution in [0, 0.1) is 17.8 Å². The average Bonchev–Trinajstić information content (AvgIpc) is 2.60. The van der Waals surface area contributed by atoms with Crippen molar-refractivity contribution in [3.8, 4) is 6.07 Å². The van der Waals surface area contributed by atoms with Gasteiger partial charge in [0.05, 0.1) is 6.07 Å². The Morgan fingerprint density at radius 3 is 1.91 bits per heavy atom. The maximum atomic E-state index is 10.0. The van der Waals surface area contributed by atoms with Crippen LogP contribution >= 0.6 is 0 Å². The third-order valence-corrected chi connectivity index (χ3v) is 4.19. The van der Waals surface area contributed by atoms with Crippen molar-refractivity contribution in [2.75, 3.05) is 0 Å². The molecule has 0 aliphatic carbocycles. The first-order valence-electron chi connectivity index (χ1n) is 8.17. The lowest BCUT2D eigenvalue weighted by molar-refractivity contribution is 0.605. The minimum Gasteiger partial charge on any atom is -0.197 e. The van der Waals surface area contributed by atoms with Gasteiger partial charge in [-0.05, 0) is 24.0 Å². The van der Waals surface area contributed by atoms with Crippen molar-refractivity contribution in [2.24, 2.45) is 0 Å². The van der Waals surface area contributed by atoms with E-state index >= 15 is 0 Å². The number of rotatable bonds is 8. The smallest absolute Gasteiger partial charge is 0.107 e. The largest absolute Gasteiger partial charge is 0.197 e. The van der Waals surface area contributed by atoms with Gasteiger partial charge in [0.1, 0.15) is 5.41 Å². The minimum absolute atomic E-state index is 0.575. The molecule has 2 rings (SSSR count). The maximum absolute atomic E-state index is 10.0. The Labute approximate surface area is 134 Å². The highest BCUT2D eigenvalue weighted by atomic mass is 14.4. The normalized spacial score (nSPS) is 11.1. The van der Waals surface area contributed by atoms with E-state index in [-0.39, 0.29) is 0 Å². The molecule has 0 unspecified atom stereocenters. The van der Waals surface area contributed by atoms with Crippen LogP contribution in [-0.2, 0) is 5.41 Å². The van der Waals surface area contributed by atoms with Gasteiger partial charge in [-0.2, -0.15) is 5.26 Å². The van der Waals surface area contributed by atoms with Crippen molar-refractivity contribution in [3.63, 3.8) is 0 Å². The summed E-state index contributed by atoms with van der Waals surface area (Å²) in [6.45, 7) is 2.22. The van der Waals surface area contributed by atoms with Gasteiger partial charge in [0.2, 0.25) is 0 Å². The van der Waals surface area contributed by atoms with Gasteiger partial charge in [0.15, 0.2) is 0 Å². The number of nitrogens with zero attached hydrogens (tertiary/aromatic N) is 1. The Bertz CT molecular complexity index is 541. The molecule has 1 nitrogen and oxygen atoms in total. The number of unbranched alkanes of at least 4 members (excludes halogenated alkanes) is 4. The van der Waals surface area contributed by atoms with E-state index in [0.717, 1.165) is 24.0 Å². The highest BCUT2D eigenvalue weighted by Crippen LogP contribution is 2.36. The van der Waals surface area contributed by atoms with Crippen LogP contribution < -0.4 is 0 Å². The van der Waals surface area contributed by atoms with Crippen LogP contribution in [0.4, 0.5) is 0 Å². The quantitative estimate of drug-likeness (QED) is 0.574. The molecule has 0 heterocycles. The Morgan fingerprint density at radius 1 is 0.909 bits per heavy atom. The van der Waals surface area contributed by atoms with Gasteiger partial charge in [0, 0.05) is 0 Å². The Morgan fingerprint density at radius 2 is 1.45 bits per heavy atom. The molecule has 0 saturated carbocycles. The van der Waals surface area contributed by atoms with Crippen molar-refractivity contribution in [3.05, 3.63) is 78.2 Å². The van der Waals surface area contributed by atoms with Gasteiger partial charge in [-0.1, -0.05) is 93.3 Å². The van der Waals surface area contributed by atoms with Crippen molar-refractivity contribution in [1.29, 1.82) is 5.26 Å². The van der Waals surface area contributed by atoms with Crippen LogP contribution in [0.1, 0.15) is 50.2 Å². The molecule has 113 valence electrons. The summed E-state index contributed by atoms with van der Waals surface area (Å²) in [5, 5.41) is 10.0. The highest BCUT2D eigenvalue weighted by Gasteiger charge is 2.33. The summed E-state index contributed by atoms with van der Waals surface area (Å²) in [6, 6.07) is 22.9. The Hall–Kier alpha value is -2.07. The van der Waals surface area contributed by atoms with E-state index in [2.05, 4.69) is 43.7 Å². The van der Waals surface area contributed by atoms with Crippen LogP contribution in [0.15, 0.2) is 60.7 Å². The number of hydrogen-bond acceptors (Lipinski definition) is 1. The van der Waals surface area contributed by atoms with Crippen molar-refractivity contribution in [2.45, 2.75) is 44.4 Å². The van der Waals surface area contributed by atoms with E-state index in [1.807, 2.05) is 36.4 Å². The fourth-order valence-corrected chi connectivity index (χ4v) is 2.88. The highest BCUT2D eigenvalue weighted by molar-refractivity contribution is 5.46. The SMILES string of the molecule is CCCCC[CH]CC(C#N)(c1ccccc1)c1ccccc1. The third-order valence-electron chi connectivity index (χ3n) is 4.19. The van der Waals surface area contributed by atoms with Gasteiger partial charge < -0.3 is 0 Å². The number of nitriles is 1. The number of benzene rings is 2. The lowest BCUT2D eigenvalue weighted by Crippen LogP contribution is -2.26. The third kappa shape index (κ3) is 3.77. The second kappa shape index (κ2) is 8.39. The lowest BCUT2D eigenvalue weighted by Gasteiger charge is -2.28. The standard InChI is InChI=1S/C21H24N/c1-2-3-4-5-12-17-21(18-22,19-13-8-6-9-14-19)20-15-10-7-11-16-20/h6-16H,2-5,17H2,1H3. The van der Waals surface area contributed by atoms with E-state index < -0.39 is 5.41 Å². The zero-order valence-electron chi connectivity index (χ0n) is 13.3. The summed E-state index contributed by atoms with van der Waals surface area (Å²) in [5.41, 5.74) is 1.58. The van der Waals surface area contributed by atoms with E-state index in [1.165, 1.54) is 19.3 Å². The molecule has 0 aromatic heterocycles. The molecular formula is C21H24N. The van der Waals surface area contributed by atoms with Crippen molar-refractivity contribution in [1.82, 2.24) is 0 Å². The fourth-order valence-electron chi connectivity index (χ4n) is 2.88. The Kier molecular flexibility index (Phi) is 6.22. The zero-order valence-corrected chi connectivity index (χ0v) is 13.3. The molecule has 0 saturated heterocycles. The Balaban J connectivity index is 2.26. The number of hydrogen-bond donors (Lipinski definition) is 0. The second-order valence-electron chi connectivity index (χ2n) is 5.74. The second-order valence-corrected chi connectivity index (χ2v) is 5.74. The molecule has 0 aliphatic rings. The molecular weight excluding hydrogens is 266 g/mol. The van der Waals surface area contributed by atoms with Crippen LogP contribution in [0.2, 0.25) is 0 Å². The summed E-state index contributed by atoms with van der Waals surface area (Å²) < 4.78 is 0. The van der Waals surface area contributed by atoms with E-state index in [9.17, 15) is 5.26 Å². The summed E-state index contributed by atoms with van der Waals surface area (Å²) in [5.74, 6) is 0. The lowest BCUT2D eigenvalue weighted by atomic mass is 9.72. The van der Waals surface area contributed by atoms with Gasteiger partial charge in [-0.3, -0.25) is 0 Å². The van der Waals surface area contributed by atoms with E-state index in [1.54, 1.807) is 0 Å². The first kappa shape index (κ1) is 16.3. The van der Waals surface area contributed by atoms with Gasteiger partial charge in [-0.15, -0.1) is 0 Å². The van der Waals surface area contributed by atoms with Gasteiger partial charge in [0.25, 0.3) is 0 Å². The average molecular weight is 290 g/mol. The molecule has 0 atom stereocenters. The zero-order chi connectivity index (χ0) is 15.7. The molecule has 2 aromatic rings. The van der Waals surface area contributed by atoms with E-state index in [4.69, 9.17) is 0 Å².